The van der Waals surface area contributed by atoms with E-state index in [1.54, 1.807) is 0 Å². The van der Waals surface area contributed by atoms with Crippen LogP contribution in [-0.4, -0.2) is 22.1 Å². The molecule has 0 spiro atoms. The quantitative estimate of drug-likeness (QED) is 0.694. The lowest BCUT2D eigenvalue weighted by Crippen LogP contribution is -2.24. The van der Waals surface area contributed by atoms with Crippen LogP contribution in [0.5, 0.6) is 0 Å². The number of hydrogen-bond donors (Lipinski definition) is 3. The molecule has 1 heterocycles. The second-order valence-corrected chi connectivity index (χ2v) is 5.80. The lowest BCUT2D eigenvalue weighted by atomic mass is 9.92. The molecule has 4 N–H and O–H groups in total. The van der Waals surface area contributed by atoms with Crippen LogP contribution in [-0.2, 0) is 10.2 Å². The molecule has 2 atom stereocenters. The molecule has 1 aromatic rings. The molecule has 1 aliphatic carbocycles. The van der Waals surface area contributed by atoms with Crippen LogP contribution in [0.1, 0.15) is 32.9 Å². The maximum atomic E-state index is 11.9. The van der Waals surface area contributed by atoms with E-state index in [9.17, 15) is 4.79 Å². The molecule has 1 amide bonds. The summed E-state index contributed by atoms with van der Waals surface area (Å²) in [5.74, 6) is 0.375. The summed E-state index contributed by atoms with van der Waals surface area (Å²) in [7, 11) is 0. The number of nitrogens with zero attached hydrogens (tertiary/aromatic N) is 1. The van der Waals surface area contributed by atoms with Gasteiger partial charge >= 0.3 is 0 Å². The van der Waals surface area contributed by atoms with Crippen LogP contribution in [0.2, 0.25) is 0 Å². The van der Waals surface area contributed by atoms with E-state index >= 15 is 0 Å². The highest BCUT2D eigenvalue weighted by Gasteiger charge is 2.24. The van der Waals surface area contributed by atoms with Crippen LogP contribution in [0.4, 0.5) is 5.82 Å². The van der Waals surface area contributed by atoms with Crippen LogP contribution in [0.25, 0.3) is 0 Å². The van der Waals surface area contributed by atoms with Crippen LogP contribution < -0.4 is 11.1 Å². The number of aromatic amines is 1. The van der Waals surface area contributed by atoms with Crippen LogP contribution in [0.15, 0.2) is 18.2 Å². The third-order valence-corrected chi connectivity index (χ3v) is 3.09. The Bertz CT molecular complexity index is 470. The van der Waals surface area contributed by atoms with Crippen molar-refractivity contribution in [2.24, 2.45) is 11.7 Å². The summed E-state index contributed by atoms with van der Waals surface area (Å²) in [6.07, 6.45) is 4.40. The molecular weight excluding hydrogens is 228 g/mol. The lowest BCUT2D eigenvalue weighted by Gasteiger charge is -2.14. The van der Waals surface area contributed by atoms with Crippen LogP contribution in [0, 0.1) is 5.92 Å². The number of nitrogens with one attached hydrogen (secondary N) is 2. The first-order valence-corrected chi connectivity index (χ1v) is 6.17. The maximum Gasteiger partial charge on any atom is 0.232 e. The summed E-state index contributed by atoms with van der Waals surface area (Å²) in [6, 6.07) is 1.86. The van der Waals surface area contributed by atoms with E-state index in [4.69, 9.17) is 5.73 Å². The molecule has 0 aromatic carbocycles. The molecule has 1 aromatic heterocycles. The highest BCUT2D eigenvalue weighted by molar-refractivity contribution is 5.93. The Balaban J connectivity index is 2.00. The second-order valence-electron chi connectivity index (χ2n) is 5.80. The van der Waals surface area contributed by atoms with Crippen LogP contribution in [0.3, 0.4) is 0 Å². The zero-order chi connectivity index (χ0) is 13.3. The van der Waals surface area contributed by atoms with Gasteiger partial charge in [0.2, 0.25) is 5.91 Å². The molecule has 18 heavy (non-hydrogen) atoms. The Morgan fingerprint density at radius 2 is 2.22 bits per heavy atom. The third-order valence-electron chi connectivity index (χ3n) is 3.09. The summed E-state index contributed by atoms with van der Waals surface area (Å²) in [4.78, 5) is 11.9. The first kappa shape index (κ1) is 12.8. The zero-order valence-corrected chi connectivity index (χ0v) is 11.0. The average molecular weight is 248 g/mol. The van der Waals surface area contributed by atoms with Gasteiger partial charge in [-0.25, -0.2) is 0 Å². The summed E-state index contributed by atoms with van der Waals surface area (Å²) in [6.45, 7) is 6.26. The number of rotatable bonds is 2. The number of amides is 1. The first-order chi connectivity index (χ1) is 8.36. The van der Waals surface area contributed by atoms with Crippen molar-refractivity contribution < 1.29 is 4.79 Å². The normalized spacial score (nSPS) is 23.3. The monoisotopic (exact) mass is 248 g/mol. The highest BCUT2D eigenvalue weighted by Crippen LogP contribution is 2.23. The third kappa shape index (κ3) is 2.79. The molecule has 5 nitrogen and oxygen atoms in total. The minimum atomic E-state index is -0.144. The van der Waals surface area contributed by atoms with Gasteiger partial charge in [0.05, 0.1) is 5.92 Å². The topological polar surface area (TPSA) is 83.8 Å². The fraction of sp³-hybridized carbons (Fsp3) is 0.538. The number of nitrogens with two attached hydrogens (primary N) is 1. The Hall–Kier alpha value is -1.62. The van der Waals surface area contributed by atoms with Crippen molar-refractivity contribution in [3.8, 4) is 0 Å². The number of anilines is 1. The van der Waals surface area contributed by atoms with E-state index in [0.29, 0.717) is 12.2 Å². The predicted molar refractivity (Wildman–Crippen MR) is 71.1 cm³/mol. The van der Waals surface area contributed by atoms with Crippen molar-refractivity contribution in [3.63, 3.8) is 0 Å². The first-order valence-electron chi connectivity index (χ1n) is 6.17. The SMILES string of the molecule is CC(C)(C)c1cc(NC(=O)C2C=CC(N)C2)n[nH]1. The summed E-state index contributed by atoms with van der Waals surface area (Å²) >= 11 is 0. The lowest BCUT2D eigenvalue weighted by molar-refractivity contribution is -0.118. The Labute approximate surface area is 107 Å². The largest absolute Gasteiger partial charge is 0.324 e. The van der Waals surface area contributed by atoms with Gasteiger partial charge in [-0.05, 0) is 6.42 Å². The van der Waals surface area contributed by atoms with E-state index in [0.717, 1.165) is 5.69 Å². The molecule has 0 saturated heterocycles. The van der Waals surface area contributed by atoms with Gasteiger partial charge < -0.3 is 11.1 Å². The standard InChI is InChI=1S/C13H20N4O/c1-13(2,3)10-7-11(17-16-10)15-12(18)8-4-5-9(14)6-8/h4-5,7-9H,6,14H2,1-3H3,(H2,15,16,17,18). The van der Waals surface area contributed by atoms with Crippen molar-refractivity contribution >= 4 is 11.7 Å². The average Bonchev–Trinajstić information content (AvgIpc) is 2.85. The minimum absolute atomic E-state index is 0.00834. The van der Waals surface area contributed by atoms with E-state index in [-0.39, 0.29) is 23.3 Å². The van der Waals surface area contributed by atoms with E-state index in [1.807, 2.05) is 18.2 Å². The molecule has 0 saturated carbocycles. The van der Waals surface area contributed by atoms with Crippen molar-refractivity contribution in [1.82, 2.24) is 10.2 Å². The number of carbonyl (C=O) groups excluding carboxylic acids is 1. The number of carbonyl (C=O) groups is 1. The zero-order valence-electron chi connectivity index (χ0n) is 11.0. The van der Waals surface area contributed by atoms with E-state index in [1.165, 1.54) is 0 Å². The Kier molecular flexibility index (Phi) is 3.26. The van der Waals surface area contributed by atoms with Crippen molar-refractivity contribution in [1.29, 1.82) is 0 Å². The molecule has 2 rings (SSSR count). The summed E-state index contributed by atoms with van der Waals surface area (Å²) in [5.41, 5.74) is 6.72. The molecule has 2 unspecified atom stereocenters. The smallest absolute Gasteiger partial charge is 0.232 e. The molecule has 98 valence electrons. The van der Waals surface area contributed by atoms with Crippen LogP contribution >= 0.6 is 0 Å². The molecule has 5 heteroatoms. The van der Waals surface area contributed by atoms with E-state index in [2.05, 4.69) is 36.3 Å². The maximum absolute atomic E-state index is 11.9. The predicted octanol–water partition coefficient (Wildman–Crippen LogP) is 1.55. The van der Waals surface area contributed by atoms with Gasteiger partial charge in [-0.3, -0.25) is 9.89 Å². The fourth-order valence-corrected chi connectivity index (χ4v) is 1.91. The van der Waals surface area contributed by atoms with E-state index < -0.39 is 0 Å². The molecule has 0 aliphatic heterocycles. The number of hydrogen-bond acceptors (Lipinski definition) is 3. The van der Waals surface area contributed by atoms with Gasteiger partial charge in [0.25, 0.3) is 0 Å². The molecule has 0 fully saturated rings. The van der Waals surface area contributed by atoms with Gasteiger partial charge in [0, 0.05) is 23.2 Å². The number of H-pyrrole nitrogens is 1. The molecular formula is C13H20N4O. The van der Waals surface area contributed by atoms with Gasteiger partial charge in [-0.1, -0.05) is 32.9 Å². The molecule has 0 radical (unpaired) electrons. The van der Waals surface area contributed by atoms with Crippen molar-refractivity contribution in [2.45, 2.75) is 38.6 Å². The van der Waals surface area contributed by atoms with Crippen molar-refractivity contribution in [2.75, 3.05) is 5.32 Å². The fourth-order valence-electron chi connectivity index (χ4n) is 1.91. The van der Waals surface area contributed by atoms with Gasteiger partial charge in [-0.15, -0.1) is 0 Å². The van der Waals surface area contributed by atoms with Gasteiger partial charge in [-0.2, -0.15) is 5.10 Å². The molecule has 1 aliphatic rings. The van der Waals surface area contributed by atoms with Crippen molar-refractivity contribution in [3.05, 3.63) is 23.9 Å². The molecule has 0 bridgehead atoms. The Morgan fingerprint density at radius 1 is 1.50 bits per heavy atom. The summed E-state index contributed by atoms with van der Waals surface area (Å²) in [5, 5.41) is 9.85. The Morgan fingerprint density at radius 3 is 2.72 bits per heavy atom. The van der Waals surface area contributed by atoms with Gasteiger partial charge in [0.1, 0.15) is 0 Å². The highest BCUT2D eigenvalue weighted by atomic mass is 16.1. The van der Waals surface area contributed by atoms with Gasteiger partial charge in [0.15, 0.2) is 5.82 Å². The minimum Gasteiger partial charge on any atom is -0.324 e. The number of aromatic nitrogens is 2. The summed E-state index contributed by atoms with van der Waals surface area (Å²) < 4.78 is 0. The second kappa shape index (κ2) is 4.57.